The molecule has 0 aliphatic heterocycles. The maximum absolute atomic E-state index is 13.3. The molecule has 3 aromatic rings. The van der Waals surface area contributed by atoms with E-state index in [4.69, 9.17) is 0 Å². The average molecular weight is 374 g/mol. The van der Waals surface area contributed by atoms with Gasteiger partial charge in [-0.05, 0) is 56.0 Å². The Morgan fingerprint density at radius 3 is 2.57 bits per heavy atom. The highest BCUT2D eigenvalue weighted by atomic mass is 16.2. The zero-order chi connectivity index (χ0) is 19.5. The molecule has 1 amide bonds. The monoisotopic (exact) mass is 374 g/mol. The van der Waals surface area contributed by atoms with Crippen molar-refractivity contribution in [1.82, 2.24) is 9.97 Å². The third-order valence-corrected chi connectivity index (χ3v) is 5.22. The lowest BCUT2D eigenvalue weighted by atomic mass is 10.1. The molecule has 1 aliphatic rings. The minimum atomic E-state index is 0.0685. The van der Waals surface area contributed by atoms with E-state index in [0.29, 0.717) is 12.5 Å². The second-order valence-electron chi connectivity index (χ2n) is 7.66. The fourth-order valence-corrected chi connectivity index (χ4v) is 3.33. The van der Waals surface area contributed by atoms with Crippen molar-refractivity contribution >= 4 is 17.3 Å². The molecular formula is C23H26N4O. The molecule has 0 atom stereocenters. The Hall–Kier alpha value is -3.08. The Morgan fingerprint density at radius 1 is 1.14 bits per heavy atom. The number of amides is 1. The summed E-state index contributed by atoms with van der Waals surface area (Å²) in [6.07, 6.45) is 6.00. The van der Waals surface area contributed by atoms with Gasteiger partial charge >= 0.3 is 0 Å². The lowest BCUT2D eigenvalue weighted by molar-refractivity contribution is 0.0985. The van der Waals surface area contributed by atoms with Crippen LogP contribution in [0.15, 0.2) is 61.1 Å². The van der Waals surface area contributed by atoms with Gasteiger partial charge in [0, 0.05) is 36.7 Å². The van der Waals surface area contributed by atoms with Gasteiger partial charge in [0.15, 0.2) is 0 Å². The van der Waals surface area contributed by atoms with E-state index in [0.717, 1.165) is 34.7 Å². The van der Waals surface area contributed by atoms with Crippen molar-refractivity contribution in [2.24, 2.45) is 5.92 Å². The van der Waals surface area contributed by atoms with Crippen LogP contribution in [0.25, 0.3) is 0 Å². The molecule has 5 heteroatoms. The van der Waals surface area contributed by atoms with Crippen LogP contribution in [0, 0.1) is 12.8 Å². The van der Waals surface area contributed by atoms with Crippen LogP contribution in [0.5, 0.6) is 0 Å². The van der Waals surface area contributed by atoms with E-state index >= 15 is 0 Å². The fraction of sp³-hybridized carbons (Fsp3) is 0.304. The summed E-state index contributed by atoms with van der Waals surface area (Å²) < 4.78 is 0. The molecule has 1 saturated carbocycles. The van der Waals surface area contributed by atoms with Crippen molar-refractivity contribution in [1.29, 1.82) is 0 Å². The number of carbonyl (C=O) groups is 1. The van der Waals surface area contributed by atoms with Crippen LogP contribution in [0.3, 0.4) is 0 Å². The molecule has 0 saturated heterocycles. The highest BCUT2D eigenvalue weighted by Crippen LogP contribution is 2.33. The number of nitrogens with one attached hydrogen (secondary N) is 1. The molecule has 1 aromatic heterocycles. The number of nitrogens with zero attached hydrogens (tertiary/aromatic N) is 3. The normalized spacial score (nSPS) is 13.4. The topological polar surface area (TPSA) is 52.2 Å². The molecule has 5 nitrogen and oxygen atoms in total. The fourth-order valence-electron chi connectivity index (χ4n) is 3.33. The highest BCUT2D eigenvalue weighted by Gasteiger charge is 2.28. The molecule has 0 radical (unpaired) electrons. The number of imidazole rings is 1. The number of aromatic amines is 1. The quantitative estimate of drug-likeness (QED) is 0.666. The van der Waals surface area contributed by atoms with Crippen LogP contribution in [-0.2, 0) is 6.54 Å². The van der Waals surface area contributed by atoms with Gasteiger partial charge in [-0.1, -0.05) is 23.8 Å². The lowest BCUT2D eigenvalue weighted by Gasteiger charge is -2.25. The van der Waals surface area contributed by atoms with Crippen LogP contribution in [0.4, 0.5) is 11.4 Å². The standard InChI is InChI=1S/C23H26N4O/c1-17-6-10-19(11-7-17)23(28)27(14-18-8-9-18)22-5-3-4-21(12-22)26(2)15-20-13-24-16-25-20/h3-7,10-13,16,18H,8-9,14-15H2,1-2H3,(H,24,25). The number of benzene rings is 2. The van der Waals surface area contributed by atoms with Gasteiger partial charge in [-0.3, -0.25) is 4.79 Å². The highest BCUT2D eigenvalue weighted by molar-refractivity contribution is 6.06. The predicted octanol–water partition coefficient (Wildman–Crippen LogP) is 4.41. The molecule has 4 rings (SSSR count). The number of aryl methyl sites for hydroxylation is 1. The van der Waals surface area contributed by atoms with E-state index in [1.165, 1.54) is 12.8 Å². The molecule has 0 unspecified atom stereocenters. The Kier molecular flexibility index (Phi) is 5.15. The number of H-pyrrole nitrogens is 1. The molecule has 0 bridgehead atoms. The average Bonchev–Trinajstić information content (AvgIpc) is 3.40. The van der Waals surface area contributed by atoms with Crippen LogP contribution in [-0.4, -0.2) is 29.5 Å². The summed E-state index contributed by atoms with van der Waals surface area (Å²) in [5.41, 5.74) is 4.90. The van der Waals surface area contributed by atoms with Crippen molar-refractivity contribution in [2.45, 2.75) is 26.3 Å². The number of anilines is 2. The molecule has 144 valence electrons. The number of rotatable bonds is 7. The molecular weight excluding hydrogens is 348 g/mol. The molecule has 1 aliphatic carbocycles. The predicted molar refractivity (Wildman–Crippen MR) is 113 cm³/mol. The minimum absolute atomic E-state index is 0.0685. The van der Waals surface area contributed by atoms with Gasteiger partial charge in [-0.2, -0.15) is 0 Å². The SMILES string of the molecule is Cc1ccc(C(=O)N(CC2CC2)c2cccc(N(C)Cc3c[nH]cn3)c2)cc1. The number of hydrogen-bond donors (Lipinski definition) is 1. The van der Waals surface area contributed by atoms with Gasteiger partial charge in [-0.15, -0.1) is 0 Å². The van der Waals surface area contributed by atoms with E-state index in [2.05, 4.69) is 27.0 Å². The van der Waals surface area contributed by atoms with Crippen LogP contribution in [0.1, 0.15) is 34.5 Å². The summed E-state index contributed by atoms with van der Waals surface area (Å²) in [4.78, 5) is 24.6. The van der Waals surface area contributed by atoms with E-state index in [1.54, 1.807) is 6.33 Å². The minimum Gasteiger partial charge on any atom is -0.369 e. The lowest BCUT2D eigenvalue weighted by Crippen LogP contribution is -2.33. The third kappa shape index (κ3) is 4.25. The van der Waals surface area contributed by atoms with E-state index in [9.17, 15) is 4.79 Å². The molecule has 28 heavy (non-hydrogen) atoms. The summed E-state index contributed by atoms with van der Waals surface area (Å²) in [5.74, 6) is 0.679. The molecule has 1 fully saturated rings. The zero-order valence-electron chi connectivity index (χ0n) is 16.4. The van der Waals surface area contributed by atoms with Gasteiger partial charge in [0.05, 0.1) is 18.6 Å². The van der Waals surface area contributed by atoms with Crippen molar-refractivity contribution < 1.29 is 4.79 Å². The molecule has 0 spiro atoms. The van der Waals surface area contributed by atoms with Crippen molar-refractivity contribution in [3.05, 3.63) is 77.9 Å². The Morgan fingerprint density at radius 2 is 1.89 bits per heavy atom. The van der Waals surface area contributed by atoms with Gasteiger partial charge in [0.2, 0.25) is 0 Å². The summed E-state index contributed by atoms with van der Waals surface area (Å²) in [6, 6.07) is 16.1. The Labute approximate surface area is 166 Å². The first-order valence-electron chi connectivity index (χ1n) is 9.77. The summed E-state index contributed by atoms with van der Waals surface area (Å²) in [7, 11) is 2.04. The second kappa shape index (κ2) is 7.89. The summed E-state index contributed by atoms with van der Waals surface area (Å²) in [5, 5.41) is 0. The van der Waals surface area contributed by atoms with Gasteiger partial charge in [0.25, 0.3) is 5.91 Å². The van der Waals surface area contributed by atoms with Gasteiger partial charge in [0.1, 0.15) is 0 Å². The molecule has 1 heterocycles. The van der Waals surface area contributed by atoms with E-state index in [1.807, 2.05) is 61.5 Å². The molecule has 2 aromatic carbocycles. The van der Waals surface area contributed by atoms with Crippen molar-refractivity contribution in [2.75, 3.05) is 23.4 Å². The summed E-state index contributed by atoms with van der Waals surface area (Å²) >= 11 is 0. The maximum Gasteiger partial charge on any atom is 0.258 e. The zero-order valence-corrected chi connectivity index (χ0v) is 16.4. The number of hydrogen-bond acceptors (Lipinski definition) is 3. The largest absolute Gasteiger partial charge is 0.369 e. The van der Waals surface area contributed by atoms with Crippen molar-refractivity contribution in [3.63, 3.8) is 0 Å². The van der Waals surface area contributed by atoms with Crippen LogP contribution >= 0.6 is 0 Å². The smallest absolute Gasteiger partial charge is 0.258 e. The second-order valence-corrected chi connectivity index (χ2v) is 7.66. The van der Waals surface area contributed by atoms with Gasteiger partial charge in [-0.25, -0.2) is 4.98 Å². The first kappa shape index (κ1) is 18.3. The van der Waals surface area contributed by atoms with Gasteiger partial charge < -0.3 is 14.8 Å². The number of aromatic nitrogens is 2. The third-order valence-electron chi connectivity index (χ3n) is 5.22. The first-order chi connectivity index (χ1) is 13.6. The Bertz CT molecular complexity index is 930. The Balaban J connectivity index is 1.59. The van der Waals surface area contributed by atoms with Crippen LogP contribution < -0.4 is 9.80 Å². The van der Waals surface area contributed by atoms with Crippen molar-refractivity contribution in [3.8, 4) is 0 Å². The number of carbonyl (C=O) groups excluding carboxylic acids is 1. The maximum atomic E-state index is 13.3. The first-order valence-corrected chi connectivity index (χ1v) is 9.77. The van der Waals surface area contributed by atoms with E-state index in [-0.39, 0.29) is 5.91 Å². The summed E-state index contributed by atoms with van der Waals surface area (Å²) in [6.45, 7) is 3.52. The molecule has 1 N–H and O–H groups in total. The van der Waals surface area contributed by atoms with Crippen LogP contribution in [0.2, 0.25) is 0 Å². The van der Waals surface area contributed by atoms with E-state index < -0.39 is 0 Å².